The van der Waals surface area contributed by atoms with Gasteiger partial charge in [0, 0.05) is 13.1 Å². The van der Waals surface area contributed by atoms with Crippen molar-refractivity contribution >= 4 is 11.9 Å². The highest BCUT2D eigenvalue weighted by Gasteiger charge is 2.12. The molecule has 1 rings (SSSR count). The first-order valence-electron chi connectivity index (χ1n) is 7.42. The van der Waals surface area contributed by atoms with Gasteiger partial charge in [0.2, 0.25) is 11.9 Å². The quantitative estimate of drug-likeness (QED) is 0.482. The number of hydrogen-bond donors (Lipinski definition) is 2. The van der Waals surface area contributed by atoms with Crippen molar-refractivity contribution in [2.24, 2.45) is 5.84 Å². The number of nitrogens with one attached hydrogen (secondary N) is 1. The molecule has 1 aromatic heterocycles. The van der Waals surface area contributed by atoms with E-state index in [0.717, 1.165) is 39.1 Å². The third-order valence-electron chi connectivity index (χ3n) is 3.38. The molecule has 0 atom stereocenters. The molecule has 3 N–H and O–H groups in total. The Morgan fingerprint density at radius 2 is 1.76 bits per heavy atom. The molecule has 0 saturated heterocycles. The van der Waals surface area contributed by atoms with E-state index in [9.17, 15) is 0 Å². The summed E-state index contributed by atoms with van der Waals surface area (Å²) in [6.07, 6.45) is 1.05. The van der Waals surface area contributed by atoms with Crippen LogP contribution in [0.1, 0.15) is 27.2 Å². The van der Waals surface area contributed by atoms with Gasteiger partial charge in [-0.25, -0.2) is 5.84 Å². The van der Waals surface area contributed by atoms with Gasteiger partial charge in [0.15, 0.2) is 0 Å². The fourth-order valence-corrected chi connectivity index (χ4v) is 2.07. The maximum absolute atomic E-state index is 5.38. The van der Waals surface area contributed by atoms with Crippen LogP contribution in [0.3, 0.4) is 0 Å². The Balaban J connectivity index is 2.70. The predicted octanol–water partition coefficient (Wildman–Crippen LogP) is 0.724. The molecule has 0 fully saturated rings. The number of nitrogens with zero attached hydrogens (tertiary/aromatic N) is 5. The lowest BCUT2D eigenvalue weighted by molar-refractivity contribution is 0.300. The van der Waals surface area contributed by atoms with Crippen LogP contribution in [-0.4, -0.2) is 59.7 Å². The normalized spacial score (nSPS) is 10.8. The molecule has 0 saturated carbocycles. The zero-order chi connectivity index (χ0) is 15.7. The van der Waals surface area contributed by atoms with Crippen LogP contribution in [0, 0.1) is 0 Å². The molecule has 1 heterocycles. The molecular formula is C13H27N7O. The zero-order valence-electron chi connectivity index (χ0n) is 13.5. The number of ether oxygens (including phenoxy) is 1. The number of rotatable bonds is 10. The number of hydrazine groups is 1. The van der Waals surface area contributed by atoms with Crippen molar-refractivity contribution in [2.45, 2.75) is 27.2 Å². The van der Waals surface area contributed by atoms with E-state index in [1.165, 1.54) is 7.11 Å². The van der Waals surface area contributed by atoms with Crippen LogP contribution in [0.2, 0.25) is 0 Å². The van der Waals surface area contributed by atoms with Crippen LogP contribution in [-0.2, 0) is 0 Å². The smallest absolute Gasteiger partial charge is 0.322 e. The van der Waals surface area contributed by atoms with Crippen LogP contribution < -0.4 is 20.9 Å². The van der Waals surface area contributed by atoms with E-state index in [-0.39, 0.29) is 6.01 Å². The van der Waals surface area contributed by atoms with E-state index >= 15 is 0 Å². The Kier molecular flexibility index (Phi) is 7.70. The highest BCUT2D eigenvalue weighted by atomic mass is 16.5. The van der Waals surface area contributed by atoms with E-state index < -0.39 is 0 Å². The minimum absolute atomic E-state index is 0.259. The SMILES string of the molecule is CCN(CC)CCCN(CC)c1nc(NN)nc(OC)n1. The summed E-state index contributed by atoms with van der Waals surface area (Å²) in [5.41, 5.74) is 2.44. The number of methoxy groups -OCH3 is 1. The first kappa shape index (κ1) is 17.4. The molecule has 0 aliphatic carbocycles. The molecule has 0 aromatic carbocycles. The summed E-state index contributed by atoms with van der Waals surface area (Å²) < 4.78 is 5.08. The summed E-state index contributed by atoms with van der Waals surface area (Å²) in [6.45, 7) is 11.3. The van der Waals surface area contributed by atoms with Gasteiger partial charge in [-0.1, -0.05) is 13.8 Å². The Labute approximate surface area is 126 Å². The maximum Gasteiger partial charge on any atom is 0.322 e. The summed E-state index contributed by atoms with van der Waals surface area (Å²) in [5, 5.41) is 0. The fraction of sp³-hybridized carbons (Fsp3) is 0.769. The third-order valence-corrected chi connectivity index (χ3v) is 3.38. The molecule has 21 heavy (non-hydrogen) atoms. The molecule has 1 aromatic rings. The Bertz CT molecular complexity index is 389. The monoisotopic (exact) mass is 297 g/mol. The van der Waals surface area contributed by atoms with E-state index in [2.05, 4.69) is 50.9 Å². The van der Waals surface area contributed by atoms with Gasteiger partial charge in [0.05, 0.1) is 7.11 Å². The van der Waals surface area contributed by atoms with Crippen molar-refractivity contribution in [1.82, 2.24) is 19.9 Å². The lowest BCUT2D eigenvalue weighted by atomic mass is 10.3. The summed E-state index contributed by atoms with van der Waals surface area (Å²) in [5.74, 6) is 6.26. The molecule has 0 aliphatic heterocycles. The van der Waals surface area contributed by atoms with Crippen molar-refractivity contribution in [2.75, 3.05) is 50.2 Å². The van der Waals surface area contributed by atoms with Gasteiger partial charge < -0.3 is 14.5 Å². The Morgan fingerprint density at radius 3 is 2.29 bits per heavy atom. The molecule has 0 aliphatic rings. The van der Waals surface area contributed by atoms with Crippen LogP contribution in [0.4, 0.5) is 11.9 Å². The number of nitrogen functional groups attached to an aromatic ring is 1. The molecule has 120 valence electrons. The second-order valence-corrected chi connectivity index (χ2v) is 4.55. The average Bonchev–Trinajstić information content (AvgIpc) is 2.54. The molecule has 0 spiro atoms. The van der Waals surface area contributed by atoms with Gasteiger partial charge in [0.1, 0.15) is 0 Å². The number of aromatic nitrogens is 3. The molecule has 0 amide bonds. The van der Waals surface area contributed by atoms with Gasteiger partial charge in [-0.3, -0.25) is 5.43 Å². The zero-order valence-corrected chi connectivity index (χ0v) is 13.5. The van der Waals surface area contributed by atoms with Gasteiger partial charge >= 0.3 is 6.01 Å². The second kappa shape index (κ2) is 9.30. The largest absolute Gasteiger partial charge is 0.467 e. The van der Waals surface area contributed by atoms with Gasteiger partial charge in [0.25, 0.3) is 0 Å². The van der Waals surface area contributed by atoms with Crippen molar-refractivity contribution < 1.29 is 4.74 Å². The number of hydrogen-bond acceptors (Lipinski definition) is 8. The summed E-state index contributed by atoms with van der Waals surface area (Å²) in [6, 6.07) is 0.259. The maximum atomic E-state index is 5.38. The van der Waals surface area contributed by atoms with Crippen LogP contribution in [0.5, 0.6) is 6.01 Å². The average molecular weight is 297 g/mol. The van der Waals surface area contributed by atoms with E-state index in [0.29, 0.717) is 11.9 Å². The van der Waals surface area contributed by atoms with Crippen LogP contribution >= 0.6 is 0 Å². The second-order valence-electron chi connectivity index (χ2n) is 4.55. The van der Waals surface area contributed by atoms with Crippen molar-refractivity contribution in [3.8, 4) is 6.01 Å². The Morgan fingerprint density at radius 1 is 1.05 bits per heavy atom. The molecule has 0 bridgehead atoms. The topological polar surface area (TPSA) is 92.4 Å². The Hall–Kier alpha value is -1.67. The standard InChI is InChI=1S/C13H27N7O/c1-5-19(6-2)9-8-10-20(7-3)12-15-11(18-14)16-13(17-12)21-4/h5-10,14H2,1-4H3,(H,15,16,17,18). The van der Waals surface area contributed by atoms with E-state index in [4.69, 9.17) is 10.6 Å². The molecular weight excluding hydrogens is 270 g/mol. The summed E-state index contributed by atoms with van der Waals surface area (Å²) in [4.78, 5) is 17.1. The molecule has 8 heteroatoms. The lowest BCUT2D eigenvalue weighted by Crippen LogP contribution is -2.31. The first-order chi connectivity index (χ1) is 10.2. The van der Waals surface area contributed by atoms with Gasteiger partial charge in [-0.05, 0) is 33.0 Å². The van der Waals surface area contributed by atoms with Crippen LogP contribution in [0.25, 0.3) is 0 Å². The fourth-order valence-electron chi connectivity index (χ4n) is 2.07. The minimum atomic E-state index is 0.259. The number of nitrogens with two attached hydrogens (primary N) is 1. The third kappa shape index (κ3) is 5.31. The number of anilines is 2. The van der Waals surface area contributed by atoms with Gasteiger partial charge in [-0.2, -0.15) is 15.0 Å². The predicted molar refractivity (Wildman–Crippen MR) is 84.5 cm³/mol. The van der Waals surface area contributed by atoms with Crippen molar-refractivity contribution in [3.05, 3.63) is 0 Å². The molecule has 0 unspecified atom stereocenters. The van der Waals surface area contributed by atoms with E-state index in [1.807, 2.05) is 0 Å². The lowest BCUT2D eigenvalue weighted by Gasteiger charge is -2.23. The first-order valence-corrected chi connectivity index (χ1v) is 7.42. The minimum Gasteiger partial charge on any atom is -0.467 e. The van der Waals surface area contributed by atoms with Crippen molar-refractivity contribution in [1.29, 1.82) is 0 Å². The highest BCUT2D eigenvalue weighted by molar-refractivity contribution is 5.37. The summed E-state index contributed by atoms with van der Waals surface area (Å²) in [7, 11) is 1.52. The molecule has 8 nitrogen and oxygen atoms in total. The van der Waals surface area contributed by atoms with Crippen LogP contribution in [0.15, 0.2) is 0 Å². The summed E-state index contributed by atoms with van der Waals surface area (Å²) >= 11 is 0. The van der Waals surface area contributed by atoms with Crippen molar-refractivity contribution in [3.63, 3.8) is 0 Å². The van der Waals surface area contributed by atoms with E-state index in [1.54, 1.807) is 0 Å². The van der Waals surface area contributed by atoms with Gasteiger partial charge in [-0.15, -0.1) is 0 Å². The highest BCUT2D eigenvalue weighted by Crippen LogP contribution is 2.14. The molecule has 0 radical (unpaired) electrons.